The molecule has 0 saturated heterocycles. The Bertz CT molecular complexity index is 497. The number of nitrogens with zero attached hydrogens (tertiary/aromatic N) is 1. The summed E-state index contributed by atoms with van der Waals surface area (Å²) < 4.78 is 12.8. The molecule has 1 aromatic carbocycles. The highest BCUT2D eigenvalue weighted by atomic mass is 35.5. The van der Waals surface area contributed by atoms with Gasteiger partial charge in [-0.3, -0.25) is 4.98 Å². The summed E-state index contributed by atoms with van der Waals surface area (Å²) in [5.74, 6) is -0.279. The second-order valence-corrected chi connectivity index (χ2v) is 3.79. The molecule has 0 fully saturated rings. The fourth-order valence-corrected chi connectivity index (χ4v) is 1.71. The molecule has 2 nitrogen and oxygen atoms in total. The van der Waals surface area contributed by atoms with Crippen molar-refractivity contribution in [3.05, 3.63) is 52.9 Å². The van der Waals surface area contributed by atoms with Crippen LogP contribution in [0.15, 0.2) is 36.5 Å². The molecule has 2 aromatic rings. The van der Waals surface area contributed by atoms with Crippen LogP contribution in [0.2, 0.25) is 5.02 Å². The molecule has 0 spiro atoms. The number of nitrogens with two attached hydrogens (primary N) is 1. The Hall–Kier alpha value is -1.45. The number of halogens is 2. The summed E-state index contributed by atoms with van der Waals surface area (Å²) in [6.07, 6.45) is 1.67. The van der Waals surface area contributed by atoms with E-state index in [4.69, 9.17) is 17.3 Å². The van der Waals surface area contributed by atoms with Gasteiger partial charge in [-0.1, -0.05) is 11.6 Å². The molecule has 2 rings (SSSR count). The Morgan fingerprint density at radius 1 is 1.25 bits per heavy atom. The molecule has 4 heteroatoms. The van der Waals surface area contributed by atoms with Gasteiger partial charge in [-0.05, 0) is 35.9 Å². The minimum atomic E-state index is -0.279. The summed E-state index contributed by atoms with van der Waals surface area (Å²) in [4.78, 5) is 4.21. The van der Waals surface area contributed by atoms with E-state index in [9.17, 15) is 4.39 Å². The van der Waals surface area contributed by atoms with Gasteiger partial charge in [-0.25, -0.2) is 4.39 Å². The Morgan fingerprint density at radius 3 is 2.50 bits per heavy atom. The van der Waals surface area contributed by atoms with Gasteiger partial charge in [0.15, 0.2) is 0 Å². The van der Waals surface area contributed by atoms with Gasteiger partial charge in [-0.2, -0.15) is 0 Å². The van der Waals surface area contributed by atoms with E-state index in [1.54, 1.807) is 24.4 Å². The molecule has 0 aliphatic heterocycles. The fourth-order valence-electron chi connectivity index (χ4n) is 1.41. The molecule has 1 heterocycles. The summed E-state index contributed by atoms with van der Waals surface area (Å²) in [6, 6.07) is 7.82. The highest BCUT2D eigenvalue weighted by Crippen LogP contribution is 2.26. The Labute approximate surface area is 97.9 Å². The number of hydrogen-bond acceptors (Lipinski definition) is 2. The molecule has 2 N–H and O–H groups in total. The van der Waals surface area contributed by atoms with Crippen molar-refractivity contribution in [1.82, 2.24) is 4.98 Å². The molecule has 0 unspecified atom stereocenters. The quantitative estimate of drug-likeness (QED) is 0.871. The van der Waals surface area contributed by atoms with Gasteiger partial charge in [-0.15, -0.1) is 0 Å². The lowest BCUT2D eigenvalue weighted by atomic mass is 10.1. The first kappa shape index (κ1) is 11.0. The maximum absolute atomic E-state index is 12.8. The predicted octanol–water partition coefficient (Wildman–Crippen LogP) is 3.00. The third-order valence-electron chi connectivity index (χ3n) is 2.25. The molecular weight excluding hydrogens is 227 g/mol. The molecule has 0 bridgehead atoms. The van der Waals surface area contributed by atoms with Crippen molar-refractivity contribution in [2.75, 3.05) is 0 Å². The lowest BCUT2D eigenvalue weighted by Crippen LogP contribution is -1.97. The van der Waals surface area contributed by atoms with Gasteiger partial charge < -0.3 is 5.73 Å². The van der Waals surface area contributed by atoms with Crippen LogP contribution in [0.25, 0.3) is 11.3 Å². The Morgan fingerprint density at radius 2 is 1.94 bits per heavy atom. The SMILES string of the molecule is NCc1cnc(-c2ccc(F)cc2)c(Cl)c1. The zero-order chi connectivity index (χ0) is 11.5. The van der Waals surface area contributed by atoms with Crippen LogP contribution in [0.5, 0.6) is 0 Å². The Kier molecular flexibility index (Phi) is 3.17. The average Bonchev–Trinajstić information content (AvgIpc) is 2.30. The molecule has 0 amide bonds. The maximum Gasteiger partial charge on any atom is 0.123 e. The van der Waals surface area contributed by atoms with E-state index in [1.807, 2.05) is 0 Å². The van der Waals surface area contributed by atoms with Crippen molar-refractivity contribution in [1.29, 1.82) is 0 Å². The van der Waals surface area contributed by atoms with Crippen molar-refractivity contribution in [3.8, 4) is 11.3 Å². The zero-order valence-electron chi connectivity index (χ0n) is 8.45. The van der Waals surface area contributed by atoms with E-state index in [2.05, 4.69) is 4.98 Å². The molecule has 82 valence electrons. The predicted molar refractivity (Wildman–Crippen MR) is 62.5 cm³/mol. The molecule has 16 heavy (non-hydrogen) atoms. The van der Waals surface area contributed by atoms with E-state index in [1.165, 1.54) is 12.1 Å². The lowest BCUT2D eigenvalue weighted by molar-refractivity contribution is 0.628. The van der Waals surface area contributed by atoms with E-state index >= 15 is 0 Å². The largest absolute Gasteiger partial charge is 0.326 e. The van der Waals surface area contributed by atoms with Crippen LogP contribution in [0.4, 0.5) is 4.39 Å². The molecule has 0 atom stereocenters. The fraction of sp³-hybridized carbons (Fsp3) is 0.0833. The standard InChI is InChI=1S/C12H10ClFN2/c13-11-5-8(6-15)7-16-12(11)9-1-3-10(14)4-2-9/h1-5,7H,6,15H2. The van der Waals surface area contributed by atoms with Crippen LogP contribution in [0, 0.1) is 5.82 Å². The van der Waals surface area contributed by atoms with Gasteiger partial charge in [0.1, 0.15) is 5.82 Å². The summed E-state index contributed by atoms with van der Waals surface area (Å²) in [5, 5.41) is 0.523. The van der Waals surface area contributed by atoms with Crippen LogP contribution >= 0.6 is 11.6 Å². The molecule has 0 radical (unpaired) electrons. The number of benzene rings is 1. The van der Waals surface area contributed by atoms with E-state index in [-0.39, 0.29) is 5.82 Å². The van der Waals surface area contributed by atoms with Crippen molar-refractivity contribution >= 4 is 11.6 Å². The summed E-state index contributed by atoms with van der Waals surface area (Å²) in [5.41, 5.74) is 7.78. The normalized spacial score (nSPS) is 10.4. The smallest absolute Gasteiger partial charge is 0.123 e. The number of hydrogen-bond donors (Lipinski definition) is 1. The third kappa shape index (κ3) is 2.21. The lowest BCUT2D eigenvalue weighted by Gasteiger charge is -2.05. The highest BCUT2D eigenvalue weighted by molar-refractivity contribution is 6.33. The van der Waals surface area contributed by atoms with E-state index < -0.39 is 0 Å². The summed E-state index contributed by atoms with van der Waals surface area (Å²) >= 11 is 6.07. The second-order valence-electron chi connectivity index (χ2n) is 3.39. The van der Waals surface area contributed by atoms with Crippen molar-refractivity contribution in [2.45, 2.75) is 6.54 Å². The van der Waals surface area contributed by atoms with Crippen LogP contribution in [0.1, 0.15) is 5.56 Å². The van der Waals surface area contributed by atoms with Gasteiger partial charge >= 0.3 is 0 Å². The molecule has 1 aromatic heterocycles. The average molecular weight is 237 g/mol. The number of aromatic nitrogens is 1. The van der Waals surface area contributed by atoms with Gasteiger partial charge in [0.2, 0.25) is 0 Å². The summed E-state index contributed by atoms with van der Waals surface area (Å²) in [6.45, 7) is 0.399. The first-order valence-corrected chi connectivity index (χ1v) is 5.19. The van der Waals surface area contributed by atoms with E-state index in [0.29, 0.717) is 17.3 Å². The van der Waals surface area contributed by atoms with Crippen LogP contribution in [-0.4, -0.2) is 4.98 Å². The minimum Gasteiger partial charge on any atom is -0.326 e. The first-order valence-electron chi connectivity index (χ1n) is 4.81. The van der Waals surface area contributed by atoms with E-state index in [0.717, 1.165) is 11.1 Å². The van der Waals surface area contributed by atoms with Gasteiger partial charge in [0, 0.05) is 18.3 Å². The summed E-state index contributed by atoms with van der Waals surface area (Å²) in [7, 11) is 0. The zero-order valence-corrected chi connectivity index (χ0v) is 9.21. The number of rotatable bonds is 2. The van der Waals surface area contributed by atoms with Crippen LogP contribution < -0.4 is 5.73 Å². The topological polar surface area (TPSA) is 38.9 Å². The molecule has 0 saturated carbocycles. The van der Waals surface area contributed by atoms with Crippen LogP contribution in [0.3, 0.4) is 0 Å². The molecule has 0 aliphatic rings. The van der Waals surface area contributed by atoms with Crippen molar-refractivity contribution < 1.29 is 4.39 Å². The van der Waals surface area contributed by atoms with Gasteiger partial charge in [0.05, 0.1) is 10.7 Å². The first-order chi connectivity index (χ1) is 7.70. The Balaban J connectivity index is 2.44. The van der Waals surface area contributed by atoms with Crippen molar-refractivity contribution in [2.24, 2.45) is 5.73 Å². The molecular formula is C12H10ClFN2. The second kappa shape index (κ2) is 4.60. The third-order valence-corrected chi connectivity index (χ3v) is 2.54. The monoisotopic (exact) mass is 236 g/mol. The highest BCUT2D eigenvalue weighted by Gasteiger charge is 2.05. The van der Waals surface area contributed by atoms with Crippen molar-refractivity contribution in [3.63, 3.8) is 0 Å². The minimum absolute atomic E-state index is 0.279. The van der Waals surface area contributed by atoms with Gasteiger partial charge in [0.25, 0.3) is 0 Å². The maximum atomic E-state index is 12.8. The van der Waals surface area contributed by atoms with Crippen LogP contribution in [-0.2, 0) is 6.54 Å². The number of pyridine rings is 1. The molecule has 0 aliphatic carbocycles.